The second-order valence-electron chi connectivity index (χ2n) is 5.86. The van der Waals surface area contributed by atoms with Crippen LogP contribution in [-0.4, -0.2) is 37.1 Å². The van der Waals surface area contributed by atoms with Crippen LogP contribution in [0.3, 0.4) is 0 Å². The van der Waals surface area contributed by atoms with E-state index in [0.29, 0.717) is 0 Å². The third kappa shape index (κ3) is 4.06. The van der Waals surface area contributed by atoms with Gasteiger partial charge in [-0.25, -0.2) is 0 Å². The van der Waals surface area contributed by atoms with Crippen molar-refractivity contribution in [3.63, 3.8) is 0 Å². The van der Waals surface area contributed by atoms with E-state index < -0.39 is 0 Å². The highest BCUT2D eigenvalue weighted by atomic mass is 15.1. The van der Waals surface area contributed by atoms with Crippen molar-refractivity contribution in [3.05, 3.63) is 0 Å². The van der Waals surface area contributed by atoms with E-state index in [1.807, 2.05) is 0 Å². The van der Waals surface area contributed by atoms with Crippen molar-refractivity contribution < 1.29 is 0 Å². The van der Waals surface area contributed by atoms with Crippen molar-refractivity contribution in [1.82, 2.24) is 10.2 Å². The molecule has 1 unspecified atom stereocenters. The van der Waals surface area contributed by atoms with Crippen molar-refractivity contribution in [1.29, 1.82) is 0 Å². The molecular weight excluding hydrogens is 196 g/mol. The third-order valence-corrected chi connectivity index (χ3v) is 4.13. The molecule has 1 aliphatic carbocycles. The number of nitrogens with zero attached hydrogens (tertiary/aromatic N) is 1. The number of hydrogen-bond acceptors (Lipinski definition) is 2. The Morgan fingerprint density at radius 2 is 1.75 bits per heavy atom. The Bertz CT molecular complexity index is 181. The third-order valence-electron chi connectivity index (χ3n) is 4.13. The maximum atomic E-state index is 3.74. The molecule has 2 nitrogen and oxygen atoms in total. The van der Waals surface area contributed by atoms with E-state index in [1.165, 1.54) is 71.1 Å². The number of piperidine rings is 1. The van der Waals surface area contributed by atoms with Crippen LogP contribution in [0.1, 0.15) is 51.9 Å². The van der Waals surface area contributed by atoms with Gasteiger partial charge < -0.3 is 10.2 Å². The van der Waals surface area contributed by atoms with Gasteiger partial charge in [0.2, 0.25) is 0 Å². The zero-order valence-corrected chi connectivity index (χ0v) is 10.9. The summed E-state index contributed by atoms with van der Waals surface area (Å²) in [4.78, 5) is 2.66. The Labute approximate surface area is 101 Å². The monoisotopic (exact) mass is 224 g/mol. The van der Waals surface area contributed by atoms with Crippen LogP contribution in [0.2, 0.25) is 0 Å². The maximum Gasteiger partial charge on any atom is 0.00671 e. The van der Waals surface area contributed by atoms with Gasteiger partial charge in [-0.15, -0.1) is 0 Å². The molecule has 0 amide bonds. The molecule has 0 aromatic rings. The number of hydrogen-bond donors (Lipinski definition) is 1. The molecule has 0 aromatic heterocycles. The predicted molar refractivity (Wildman–Crippen MR) is 69.7 cm³/mol. The molecule has 0 aromatic carbocycles. The largest absolute Gasteiger partial charge is 0.314 e. The zero-order chi connectivity index (χ0) is 11.2. The van der Waals surface area contributed by atoms with Crippen molar-refractivity contribution in [3.8, 4) is 0 Å². The molecule has 2 aliphatic rings. The normalized spacial score (nSPS) is 26.1. The maximum absolute atomic E-state index is 3.74. The van der Waals surface area contributed by atoms with Crippen molar-refractivity contribution in [2.45, 2.75) is 57.9 Å². The van der Waals surface area contributed by atoms with Crippen molar-refractivity contribution in [2.24, 2.45) is 5.92 Å². The second-order valence-corrected chi connectivity index (χ2v) is 5.86. The quantitative estimate of drug-likeness (QED) is 0.772. The first-order valence-corrected chi connectivity index (χ1v) is 7.30. The van der Waals surface area contributed by atoms with Crippen LogP contribution in [0.25, 0.3) is 0 Å². The minimum Gasteiger partial charge on any atom is -0.314 e. The summed E-state index contributed by atoms with van der Waals surface area (Å²) < 4.78 is 0. The average molecular weight is 224 g/mol. The molecule has 94 valence electrons. The van der Waals surface area contributed by atoms with Gasteiger partial charge >= 0.3 is 0 Å². The highest BCUT2D eigenvalue weighted by molar-refractivity contribution is 4.75. The van der Waals surface area contributed by atoms with E-state index >= 15 is 0 Å². The smallest absolute Gasteiger partial charge is 0.00671 e. The molecule has 0 bridgehead atoms. The lowest BCUT2D eigenvalue weighted by Gasteiger charge is -2.29. The minimum absolute atomic E-state index is 0.818. The van der Waals surface area contributed by atoms with Crippen LogP contribution < -0.4 is 5.32 Å². The molecule has 2 heteroatoms. The first-order chi connectivity index (χ1) is 7.84. The Morgan fingerprint density at radius 3 is 2.44 bits per heavy atom. The standard InChI is InChI=1S/C14H28N2/c1-13(11-15-14-7-3-4-8-14)12-16-9-5-2-6-10-16/h13-15H,2-12H2,1H3. The SMILES string of the molecule is CC(CNC1CCCC1)CN1CCCCC1. The lowest BCUT2D eigenvalue weighted by molar-refractivity contribution is 0.197. The van der Waals surface area contributed by atoms with Gasteiger partial charge in [0.05, 0.1) is 0 Å². The van der Waals surface area contributed by atoms with Crippen LogP contribution >= 0.6 is 0 Å². The summed E-state index contributed by atoms with van der Waals surface area (Å²) in [6.07, 6.45) is 10.00. The van der Waals surface area contributed by atoms with Gasteiger partial charge in [0.25, 0.3) is 0 Å². The summed E-state index contributed by atoms with van der Waals surface area (Å²) in [6.45, 7) is 7.61. The van der Waals surface area contributed by atoms with Gasteiger partial charge in [-0.1, -0.05) is 26.2 Å². The lowest BCUT2D eigenvalue weighted by Crippen LogP contribution is -2.38. The summed E-state index contributed by atoms with van der Waals surface area (Å²) in [5.41, 5.74) is 0. The summed E-state index contributed by atoms with van der Waals surface area (Å²) in [6, 6.07) is 0.837. The Morgan fingerprint density at radius 1 is 1.06 bits per heavy atom. The van der Waals surface area contributed by atoms with Crippen LogP contribution in [0.4, 0.5) is 0 Å². The Kier molecular flexibility index (Phi) is 5.11. The fourth-order valence-corrected chi connectivity index (χ4v) is 3.15. The van der Waals surface area contributed by atoms with Crippen LogP contribution in [0.5, 0.6) is 0 Å². The molecule has 16 heavy (non-hydrogen) atoms. The van der Waals surface area contributed by atoms with Crippen LogP contribution in [0, 0.1) is 5.92 Å². The predicted octanol–water partition coefficient (Wildman–Crippen LogP) is 2.64. The first-order valence-electron chi connectivity index (χ1n) is 7.30. The molecule has 0 spiro atoms. The lowest BCUT2D eigenvalue weighted by atomic mass is 10.1. The number of rotatable bonds is 5. The number of likely N-dealkylation sites (tertiary alicyclic amines) is 1. The van der Waals surface area contributed by atoms with Crippen LogP contribution in [0.15, 0.2) is 0 Å². The Balaban J connectivity index is 1.57. The molecule has 1 saturated carbocycles. The van der Waals surface area contributed by atoms with Gasteiger partial charge in [-0.2, -0.15) is 0 Å². The molecule has 1 N–H and O–H groups in total. The summed E-state index contributed by atoms with van der Waals surface area (Å²) >= 11 is 0. The fourth-order valence-electron chi connectivity index (χ4n) is 3.15. The molecule has 0 radical (unpaired) electrons. The topological polar surface area (TPSA) is 15.3 Å². The molecule has 1 atom stereocenters. The average Bonchev–Trinajstić information content (AvgIpc) is 2.81. The molecule has 2 rings (SSSR count). The molecule has 1 saturated heterocycles. The van der Waals surface area contributed by atoms with E-state index in [0.717, 1.165) is 12.0 Å². The van der Waals surface area contributed by atoms with Gasteiger partial charge in [0.1, 0.15) is 0 Å². The van der Waals surface area contributed by atoms with E-state index in [2.05, 4.69) is 17.1 Å². The van der Waals surface area contributed by atoms with E-state index in [4.69, 9.17) is 0 Å². The van der Waals surface area contributed by atoms with Gasteiger partial charge in [-0.3, -0.25) is 0 Å². The summed E-state index contributed by atoms with van der Waals surface area (Å²) in [7, 11) is 0. The molecule has 2 fully saturated rings. The molecule has 1 heterocycles. The second kappa shape index (κ2) is 6.61. The van der Waals surface area contributed by atoms with Gasteiger partial charge in [-0.05, 0) is 51.2 Å². The number of nitrogens with one attached hydrogen (secondary N) is 1. The van der Waals surface area contributed by atoms with Gasteiger partial charge in [0, 0.05) is 12.6 Å². The van der Waals surface area contributed by atoms with E-state index in [1.54, 1.807) is 0 Å². The van der Waals surface area contributed by atoms with E-state index in [-0.39, 0.29) is 0 Å². The van der Waals surface area contributed by atoms with Crippen LogP contribution in [-0.2, 0) is 0 Å². The summed E-state index contributed by atoms with van der Waals surface area (Å²) in [5, 5.41) is 3.74. The van der Waals surface area contributed by atoms with Gasteiger partial charge in [0.15, 0.2) is 0 Å². The van der Waals surface area contributed by atoms with Crippen molar-refractivity contribution in [2.75, 3.05) is 26.2 Å². The highest BCUT2D eigenvalue weighted by Crippen LogP contribution is 2.18. The molecular formula is C14H28N2. The zero-order valence-electron chi connectivity index (χ0n) is 10.9. The Hall–Kier alpha value is -0.0800. The minimum atomic E-state index is 0.818. The summed E-state index contributed by atoms with van der Waals surface area (Å²) in [5.74, 6) is 0.818. The highest BCUT2D eigenvalue weighted by Gasteiger charge is 2.17. The molecule has 1 aliphatic heterocycles. The van der Waals surface area contributed by atoms with E-state index in [9.17, 15) is 0 Å². The van der Waals surface area contributed by atoms with Crippen molar-refractivity contribution >= 4 is 0 Å². The first kappa shape index (κ1) is 12.4. The fraction of sp³-hybridized carbons (Fsp3) is 1.00.